The molecule has 2 rings (SSSR count). The molecule has 4 nitrogen and oxygen atoms in total. The molecule has 72 valence electrons. The molecule has 1 N–H and O–H groups in total. The van der Waals surface area contributed by atoms with Gasteiger partial charge in [0.15, 0.2) is 0 Å². The van der Waals surface area contributed by atoms with E-state index in [1.165, 1.54) is 0 Å². The molecule has 3 atom stereocenters. The number of ether oxygens (including phenoxy) is 1. The molecule has 0 aromatic heterocycles. The first-order chi connectivity index (χ1) is 5.99. The van der Waals surface area contributed by atoms with Gasteiger partial charge in [-0.3, -0.25) is 9.59 Å². The zero-order valence-corrected chi connectivity index (χ0v) is 7.45. The fourth-order valence-electron chi connectivity index (χ4n) is 2.17. The number of esters is 2. The molecule has 0 aromatic carbocycles. The van der Waals surface area contributed by atoms with Crippen molar-refractivity contribution >= 4 is 11.9 Å². The lowest BCUT2D eigenvalue weighted by Crippen LogP contribution is -2.37. The van der Waals surface area contributed by atoms with E-state index in [2.05, 4.69) is 4.74 Å². The third-order valence-corrected chi connectivity index (χ3v) is 2.95. The van der Waals surface area contributed by atoms with E-state index in [1.54, 1.807) is 6.92 Å². The molecular weight excluding hydrogens is 172 g/mol. The van der Waals surface area contributed by atoms with E-state index in [9.17, 15) is 14.7 Å². The van der Waals surface area contributed by atoms with Gasteiger partial charge >= 0.3 is 11.9 Å². The van der Waals surface area contributed by atoms with Gasteiger partial charge in [0.05, 0.1) is 17.4 Å². The first-order valence-corrected chi connectivity index (χ1v) is 4.47. The highest BCUT2D eigenvalue weighted by atomic mass is 16.6. The highest BCUT2D eigenvalue weighted by Gasteiger charge is 2.50. The van der Waals surface area contributed by atoms with E-state index in [4.69, 9.17) is 0 Å². The SMILES string of the molecule is CC1(O)CCC2C(=O)OC(=O)C2C1. The predicted molar refractivity (Wildman–Crippen MR) is 42.6 cm³/mol. The van der Waals surface area contributed by atoms with Crippen LogP contribution in [0.25, 0.3) is 0 Å². The Labute approximate surface area is 75.9 Å². The van der Waals surface area contributed by atoms with Gasteiger partial charge < -0.3 is 9.84 Å². The van der Waals surface area contributed by atoms with Crippen LogP contribution < -0.4 is 0 Å². The van der Waals surface area contributed by atoms with Crippen molar-refractivity contribution in [2.24, 2.45) is 11.8 Å². The Morgan fingerprint density at radius 3 is 2.69 bits per heavy atom. The standard InChI is InChI=1S/C9H12O4/c1-9(12)3-2-5-6(4-9)8(11)13-7(5)10/h5-6,12H,2-4H2,1H3. The summed E-state index contributed by atoms with van der Waals surface area (Å²) in [6.45, 7) is 1.69. The molecule has 4 heteroatoms. The van der Waals surface area contributed by atoms with Crippen LogP contribution in [-0.2, 0) is 14.3 Å². The quantitative estimate of drug-likeness (QED) is 0.432. The number of fused-ring (bicyclic) bond motifs is 1. The molecule has 0 radical (unpaired) electrons. The number of aliphatic hydroxyl groups is 1. The van der Waals surface area contributed by atoms with Crippen molar-refractivity contribution in [2.45, 2.75) is 31.8 Å². The van der Waals surface area contributed by atoms with Crippen LogP contribution in [0.15, 0.2) is 0 Å². The van der Waals surface area contributed by atoms with E-state index >= 15 is 0 Å². The highest BCUT2D eigenvalue weighted by molar-refractivity contribution is 5.96. The monoisotopic (exact) mass is 184 g/mol. The second-order valence-electron chi connectivity index (χ2n) is 4.19. The third kappa shape index (κ3) is 1.35. The van der Waals surface area contributed by atoms with Crippen LogP contribution in [0.3, 0.4) is 0 Å². The van der Waals surface area contributed by atoms with Crippen LogP contribution in [-0.4, -0.2) is 22.6 Å². The molecule has 0 spiro atoms. The van der Waals surface area contributed by atoms with Crippen molar-refractivity contribution in [1.82, 2.24) is 0 Å². The number of cyclic esters (lactones) is 2. The van der Waals surface area contributed by atoms with E-state index in [-0.39, 0.29) is 5.92 Å². The Bertz CT molecular complexity index is 269. The molecule has 0 bridgehead atoms. The molecule has 2 fully saturated rings. The maximum absolute atomic E-state index is 11.2. The van der Waals surface area contributed by atoms with Gasteiger partial charge in [0, 0.05) is 0 Å². The molecule has 0 amide bonds. The van der Waals surface area contributed by atoms with Crippen LogP contribution in [0.2, 0.25) is 0 Å². The van der Waals surface area contributed by atoms with Gasteiger partial charge in [0.25, 0.3) is 0 Å². The van der Waals surface area contributed by atoms with Crippen LogP contribution in [0.5, 0.6) is 0 Å². The fraction of sp³-hybridized carbons (Fsp3) is 0.778. The Balaban J connectivity index is 2.20. The summed E-state index contributed by atoms with van der Waals surface area (Å²) in [5.41, 5.74) is -0.815. The van der Waals surface area contributed by atoms with Gasteiger partial charge in [-0.15, -0.1) is 0 Å². The normalized spacial score (nSPS) is 44.5. The summed E-state index contributed by atoms with van der Waals surface area (Å²) in [5.74, 6) is -1.58. The molecule has 1 saturated heterocycles. The molecule has 1 saturated carbocycles. The van der Waals surface area contributed by atoms with E-state index in [1.807, 2.05) is 0 Å². The van der Waals surface area contributed by atoms with Gasteiger partial charge in [0.2, 0.25) is 0 Å². The number of rotatable bonds is 0. The van der Waals surface area contributed by atoms with Gasteiger partial charge in [0.1, 0.15) is 0 Å². The molecule has 1 aliphatic carbocycles. The summed E-state index contributed by atoms with van der Waals surface area (Å²) < 4.78 is 4.51. The zero-order valence-electron chi connectivity index (χ0n) is 7.45. The molecule has 13 heavy (non-hydrogen) atoms. The molecule has 3 unspecified atom stereocenters. The Kier molecular flexibility index (Phi) is 1.70. The smallest absolute Gasteiger partial charge is 0.317 e. The lowest BCUT2D eigenvalue weighted by molar-refractivity contribution is -0.153. The summed E-state index contributed by atoms with van der Waals surface area (Å²) in [7, 11) is 0. The summed E-state index contributed by atoms with van der Waals surface area (Å²) in [6.07, 6.45) is 1.47. The lowest BCUT2D eigenvalue weighted by atomic mass is 9.73. The maximum atomic E-state index is 11.2. The summed E-state index contributed by atoms with van der Waals surface area (Å²) in [6, 6.07) is 0. The number of carbonyl (C=O) groups is 2. The average molecular weight is 184 g/mol. The van der Waals surface area contributed by atoms with Crippen molar-refractivity contribution in [3.63, 3.8) is 0 Å². The summed E-state index contributed by atoms with van der Waals surface area (Å²) in [4.78, 5) is 22.3. The van der Waals surface area contributed by atoms with Crippen LogP contribution in [0.1, 0.15) is 26.2 Å². The minimum Gasteiger partial charge on any atom is -0.393 e. The van der Waals surface area contributed by atoms with Crippen molar-refractivity contribution < 1.29 is 19.4 Å². The average Bonchev–Trinajstić information content (AvgIpc) is 2.26. The largest absolute Gasteiger partial charge is 0.393 e. The molecule has 2 aliphatic rings. The van der Waals surface area contributed by atoms with Gasteiger partial charge in [-0.2, -0.15) is 0 Å². The number of hydrogen-bond acceptors (Lipinski definition) is 4. The van der Waals surface area contributed by atoms with Crippen molar-refractivity contribution in [3.05, 3.63) is 0 Å². The van der Waals surface area contributed by atoms with Gasteiger partial charge in [-0.05, 0) is 26.2 Å². The maximum Gasteiger partial charge on any atom is 0.317 e. The summed E-state index contributed by atoms with van der Waals surface area (Å²) in [5, 5.41) is 9.71. The number of carbonyl (C=O) groups excluding carboxylic acids is 2. The minimum atomic E-state index is -0.815. The molecule has 1 heterocycles. The van der Waals surface area contributed by atoms with Crippen LogP contribution >= 0.6 is 0 Å². The zero-order chi connectivity index (χ0) is 9.64. The topological polar surface area (TPSA) is 63.6 Å². The second-order valence-corrected chi connectivity index (χ2v) is 4.19. The highest BCUT2D eigenvalue weighted by Crippen LogP contribution is 2.41. The van der Waals surface area contributed by atoms with Crippen molar-refractivity contribution in [1.29, 1.82) is 0 Å². The molecule has 1 aliphatic heterocycles. The van der Waals surface area contributed by atoms with E-state index < -0.39 is 23.5 Å². The van der Waals surface area contributed by atoms with Crippen molar-refractivity contribution in [2.75, 3.05) is 0 Å². The lowest BCUT2D eigenvalue weighted by Gasteiger charge is -2.32. The van der Waals surface area contributed by atoms with E-state index in [0.29, 0.717) is 19.3 Å². The first-order valence-electron chi connectivity index (χ1n) is 4.47. The number of hydrogen-bond donors (Lipinski definition) is 1. The third-order valence-electron chi connectivity index (χ3n) is 2.95. The van der Waals surface area contributed by atoms with Crippen LogP contribution in [0, 0.1) is 11.8 Å². The minimum absolute atomic E-state index is 0.298. The molecular formula is C9H12O4. The Hall–Kier alpha value is -0.900. The summed E-state index contributed by atoms with van der Waals surface area (Å²) >= 11 is 0. The van der Waals surface area contributed by atoms with E-state index in [0.717, 1.165) is 0 Å². The van der Waals surface area contributed by atoms with Crippen LogP contribution in [0.4, 0.5) is 0 Å². The van der Waals surface area contributed by atoms with Gasteiger partial charge in [-0.25, -0.2) is 0 Å². The predicted octanol–water partition coefficient (Wildman–Crippen LogP) is 0.237. The second kappa shape index (κ2) is 2.54. The van der Waals surface area contributed by atoms with Gasteiger partial charge in [-0.1, -0.05) is 0 Å². The van der Waals surface area contributed by atoms with Crippen molar-refractivity contribution in [3.8, 4) is 0 Å². The Morgan fingerprint density at radius 2 is 2.00 bits per heavy atom. The Morgan fingerprint density at radius 1 is 1.38 bits per heavy atom. The molecule has 0 aromatic rings. The first kappa shape index (κ1) is 8.69. The fourth-order valence-corrected chi connectivity index (χ4v) is 2.17.